The molecule has 1 aliphatic carbocycles. The summed E-state index contributed by atoms with van der Waals surface area (Å²) in [4.78, 5) is 29.4. The number of methoxy groups -OCH3 is 1. The lowest BCUT2D eigenvalue weighted by atomic mass is 9.84. The van der Waals surface area contributed by atoms with E-state index >= 15 is 0 Å². The van der Waals surface area contributed by atoms with Crippen molar-refractivity contribution in [1.82, 2.24) is 10.6 Å². The van der Waals surface area contributed by atoms with E-state index in [0.717, 1.165) is 55.5 Å². The van der Waals surface area contributed by atoms with Crippen molar-refractivity contribution in [2.24, 2.45) is 5.92 Å². The Balaban J connectivity index is 1.31. The molecule has 1 saturated carbocycles. The fourth-order valence-electron chi connectivity index (χ4n) is 6.22. The van der Waals surface area contributed by atoms with E-state index in [2.05, 4.69) is 15.5 Å². The molecule has 0 spiro atoms. The van der Waals surface area contributed by atoms with E-state index in [1.807, 2.05) is 36.4 Å². The van der Waals surface area contributed by atoms with E-state index < -0.39 is 6.04 Å². The van der Waals surface area contributed by atoms with E-state index in [1.165, 1.54) is 12.5 Å². The maximum Gasteiger partial charge on any atom is 0.252 e. The van der Waals surface area contributed by atoms with Gasteiger partial charge in [0.1, 0.15) is 17.6 Å². The molecule has 1 fully saturated rings. The second-order valence-electron chi connectivity index (χ2n) is 11.7. The maximum atomic E-state index is 13.9. The number of rotatable bonds is 13. The fraction of sp³-hybridized carbons (Fsp3) is 0.429. The van der Waals surface area contributed by atoms with Crippen LogP contribution in [-0.4, -0.2) is 50.7 Å². The number of amides is 2. The van der Waals surface area contributed by atoms with Gasteiger partial charge in [-0.25, -0.2) is 4.39 Å². The second-order valence-corrected chi connectivity index (χ2v) is 11.7. The molecule has 5 rings (SSSR count). The van der Waals surface area contributed by atoms with Gasteiger partial charge in [-0.2, -0.15) is 0 Å². The molecule has 0 aromatic heterocycles. The number of anilines is 1. The quantitative estimate of drug-likeness (QED) is 0.270. The van der Waals surface area contributed by atoms with Gasteiger partial charge >= 0.3 is 0 Å². The molecule has 228 valence electrons. The van der Waals surface area contributed by atoms with Crippen LogP contribution >= 0.6 is 0 Å². The molecule has 0 radical (unpaired) electrons. The number of benzene rings is 3. The monoisotopic (exact) mass is 587 g/mol. The molecule has 2 amide bonds. The molecule has 43 heavy (non-hydrogen) atoms. The Morgan fingerprint density at radius 1 is 0.977 bits per heavy atom. The highest BCUT2D eigenvalue weighted by molar-refractivity contribution is 5.97. The van der Waals surface area contributed by atoms with Gasteiger partial charge < -0.3 is 25.0 Å². The van der Waals surface area contributed by atoms with Crippen LogP contribution in [0.3, 0.4) is 0 Å². The maximum absolute atomic E-state index is 13.9. The van der Waals surface area contributed by atoms with Crippen LogP contribution in [-0.2, 0) is 22.6 Å². The number of hydrogen-bond donors (Lipinski definition) is 2. The Labute approximate surface area is 253 Å². The number of carbonyl (C=O) groups excluding carboxylic acids is 2. The van der Waals surface area contributed by atoms with E-state index in [-0.39, 0.29) is 23.7 Å². The summed E-state index contributed by atoms with van der Waals surface area (Å²) in [7, 11) is 1.56. The van der Waals surface area contributed by atoms with Crippen molar-refractivity contribution in [3.8, 4) is 5.75 Å². The minimum atomic E-state index is -0.682. The number of ether oxygens (including phenoxy) is 2. The molecule has 0 bridgehead atoms. The van der Waals surface area contributed by atoms with E-state index in [1.54, 1.807) is 37.4 Å². The van der Waals surface area contributed by atoms with Crippen molar-refractivity contribution < 1.29 is 23.5 Å². The first-order chi connectivity index (χ1) is 21.0. The summed E-state index contributed by atoms with van der Waals surface area (Å²) >= 11 is 0. The van der Waals surface area contributed by atoms with Gasteiger partial charge in [0.05, 0.1) is 26.4 Å². The largest absolute Gasteiger partial charge is 0.497 e. The number of nitrogens with zero attached hydrogens (tertiary/aromatic N) is 1. The molecule has 2 atom stereocenters. The van der Waals surface area contributed by atoms with E-state index in [9.17, 15) is 14.0 Å². The lowest BCUT2D eigenvalue weighted by molar-refractivity contribution is -0.124. The van der Waals surface area contributed by atoms with Crippen molar-refractivity contribution >= 4 is 17.5 Å². The van der Waals surface area contributed by atoms with Gasteiger partial charge in [-0.1, -0.05) is 68.5 Å². The standard InChI is InChI=1S/C35H42FN3O4/c1-42-31-14-8-13-28(21-31)34(40)38-32(19-25-9-4-2-5-10-25)35(41)37-30(24-43-23-26-11-6-3-7-12-26)22-39-18-17-27-20-29(36)15-16-33(27)39/h3,6-8,11-16,20-21,25,30,32H,2,4-5,9-10,17-19,22-24H2,1H3,(H,37,41)(H,38,40)/t30-,32?/m0/s1. The van der Waals surface area contributed by atoms with Crippen LogP contribution in [0.2, 0.25) is 0 Å². The first-order valence-corrected chi connectivity index (χ1v) is 15.4. The molecule has 3 aromatic rings. The highest BCUT2D eigenvalue weighted by atomic mass is 19.1. The Hall–Kier alpha value is -3.91. The van der Waals surface area contributed by atoms with Crippen LogP contribution in [0.4, 0.5) is 10.1 Å². The first kappa shape index (κ1) is 30.5. The van der Waals surface area contributed by atoms with Crippen LogP contribution in [0, 0.1) is 11.7 Å². The highest BCUT2D eigenvalue weighted by Gasteiger charge is 2.30. The van der Waals surface area contributed by atoms with Crippen molar-refractivity contribution in [2.75, 3.05) is 31.7 Å². The highest BCUT2D eigenvalue weighted by Crippen LogP contribution is 2.29. The number of nitrogens with one attached hydrogen (secondary N) is 2. The van der Waals surface area contributed by atoms with Gasteiger partial charge in [0, 0.05) is 24.3 Å². The summed E-state index contributed by atoms with van der Waals surface area (Å²) in [6, 6.07) is 20.7. The summed E-state index contributed by atoms with van der Waals surface area (Å²) in [6.45, 7) is 1.97. The predicted molar refractivity (Wildman–Crippen MR) is 166 cm³/mol. The summed E-state index contributed by atoms with van der Waals surface area (Å²) in [5.41, 5.74) is 3.45. The predicted octanol–water partition coefficient (Wildman–Crippen LogP) is 5.67. The molecule has 7 nitrogen and oxygen atoms in total. The minimum absolute atomic E-state index is 0.214. The van der Waals surface area contributed by atoms with Gasteiger partial charge in [0.25, 0.3) is 5.91 Å². The van der Waals surface area contributed by atoms with Crippen LogP contribution in [0.25, 0.3) is 0 Å². The lowest BCUT2D eigenvalue weighted by Gasteiger charge is -2.30. The van der Waals surface area contributed by atoms with Crippen molar-refractivity contribution in [1.29, 1.82) is 0 Å². The second kappa shape index (κ2) is 15.0. The summed E-state index contributed by atoms with van der Waals surface area (Å²) in [6.07, 6.45) is 6.96. The van der Waals surface area contributed by atoms with E-state index in [0.29, 0.717) is 43.4 Å². The Morgan fingerprint density at radius 3 is 2.58 bits per heavy atom. The average Bonchev–Trinajstić information content (AvgIpc) is 3.42. The Bertz CT molecular complexity index is 1360. The lowest BCUT2D eigenvalue weighted by Crippen LogP contribution is -2.54. The van der Waals surface area contributed by atoms with E-state index in [4.69, 9.17) is 9.47 Å². The number of fused-ring (bicyclic) bond motifs is 1. The molecular formula is C35H42FN3O4. The molecule has 0 saturated heterocycles. The minimum Gasteiger partial charge on any atom is -0.497 e. The first-order valence-electron chi connectivity index (χ1n) is 15.4. The zero-order valence-electron chi connectivity index (χ0n) is 24.9. The summed E-state index contributed by atoms with van der Waals surface area (Å²) in [5.74, 6) is 0.204. The van der Waals surface area contributed by atoms with Crippen molar-refractivity contribution in [3.63, 3.8) is 0 Å². The molecule has 1 unspecified atom stereocenters. The molecule has 2 N–H and O–H groups in total. The molecule has 2 aliphatic rings. The number of halogens is 1. The summed E-state index contributed by atoms with van der Waals surface area (Å²) in [5, 5.41) is 6.25. The molecule has 3 aromatic carbocycles. The van der Waals surface area contributed by atoms with Crippen LogP contribution < -0.4 is 20.3 Å². The molecule has 1 aliphatic heterocycles. The van der Waals surface area contributed by atoms with Crippen molar-refractivity contribution in [2.45, 2.75) is 63.6 Å². The number of hydrogen-bond acceptors (Lipinski definition) is 5. The van der Waals surface area contributed by atoms with Crippen LogP contribution in [0.5, 0.6) is 5.75 Å². The normalized spacial score (nSPS) is 16.3. The smallest absolute Gasteiger partial charge is 0.252 e. The van der Waals surface area contributed by atoms with Gasteiger partial charge in [-0.15, -0.1) is 0 Å². The van der Waals surface area contributed by atoms with Crippen molar-refractivity contribution in [3.05, 3.63) is 95.3 Å². The van der Waals surface area contributed by atoms with Gasteiger partial charge in [-0.05, 0) is 66.3 Å². The topological polar surface area (TPSA) is 79.9 Å². The zero-order chi connectivity index (χ0) is 30.0. The summed E-state index contributed by atoms with van der Waals surface area (Å²) < 4.78 is 25.3. The van der Waals surface area contributed by atoms with Gasteiger partial charge in [0.15, 0.2) is 0 Å². The van der Waals surface area contributed by atoms with Crippen LogP contribution in [0.1, 0.15) is 60.0 Å². The Morgan fingerprint density at radius 2 is 1.79 bits per heavy atom. The fourth-order valence-corrected chi connectivity index (χ4v) is 6.22. The third-order valence-corrected chi connectivity index (χ3v) is 8.50. The number of carbonyl (C=O) groups is 2. The SMILES string of the molecule is COc1cccc(C(=O)NC(CC2CCCCC2)C(=O)N[C@H](COCc2ccccc2)CN2CCc3cc(F)ccc32)c1. The Kier molecular flexibility index (Phi) is 10.7. The third-order valence-electron chi connectivity index (χ3n) is 8.50. The zero-order valence-corrected chi connectivity index (χ0v) is 24.9. The molecule has 1 heterocycles. The van der Waals surface area contributed by atoms with Gasteiger partial charge in [0.2, 0.25) is 5.91 Å². The third kappa shape index (κ3) is 8.57. The molecular weight excluding hydrogens is 545 g/mol. The average molecular weight is 588 g/mol. The van der Waals surface area contributed by atoms with Gasteiger partial charge in [-0.3, -0.25) is 9.59 Å². The molecule has 8 heteroatoms. The van der Waals surface area contributed by atoms with Crippen LogP contribution in [0.15, 0.2) is 72.8 Å².